The van der Waals surface area contributed by atoms with Crippen LogP contribution in [0.1, 0.15) is 39.0 Å². The number of hydrogen-bond donors (Lipinski definition) is 2. The second-order valence-electron chi connectivity index (χ2n) is 7.22. The van der Waals surface area contributed by atoms with Crippen LogP contribution in [0.2, 0.25) is 0 Å². The lowest BCUT2D eigenvalue weighted by Gasteiger charge is -2.37. The van der Waals surface area contributed by atoms with Gasteiger partial charge in [-0.15, -0.1) is 0 Å². The van der Waals surface area contributed by atoms with E-state index in [2.05, 4.69) is 10.2 Å². The monoisotopic (exact) mass is 368 g/mol. The van der Waals surface area contributed by atoms with Gasteiger partial charge in [0.1, 0.15) is 5.75 Å². The second-order valence-corrected chi connectivity index (χ2v) is 7.22. The van der Waals surface area contributed by atoms with Crippen LogP contribution in [0.5, 0.6) is 5.75 Å². The molecule has 1 aromatic rings. The molecule has 1 heterocycles. The first-order valence-electron chi connectivity index (χ1n) is 9.28. The standard InChI is InChI=1S/C19H26F2N2O3/c1-12(26-14-5-6-15(20)16(21)11-14)19(25)22-13-7-9-23(10-8-13)17-3-2-4-18(17)24/h5-6,11-13,17-18,24H,2-4,7-10H2,1H3,(H,22,25)/t12-,17-,18-/m0/s1. The molecule has 1 saturated carbocycles. The maximum absolute atomic E-state index is 13.2. The molecule has 2 N–H and O–H groups in total. The number of carbonyl (C=O) groups is 1. The van der Waals surface area contributed by atoms with Crippen molar-refractivity contribution in [2.45, 2.75) is 63.3 Å². The molecule has 1 amide bonds. The number of nitrogens with one attached hydrogen (secondary N) is 1. The Morgan fingerprint density at radius 3 is 2.58 bits per heavy atom. The molecule has 1 aliphatic carbocycles. The molecule has 1 aliphatic heterocycles. The summed E-state index contributed by atoms with van der Waals surface area (Å²) in [6.45, 7) is 3.29. The van der Waals surface area contributed by atoms with E-state index in [9.17, 15) is 18.7 Å². The highest BCUT2D eigenvalue weighted by Gasteiger charge is 2.33. The number of amides is 1. The highest BCUT2D eigenvalue weighted by Crippen LogP contribution is 2.26. The Morgan fingerprint density at radius 1 is 1.23 bits per heavy atom. The molecule has 1 aromatic carbocycles. The number of aliphatic hydroxyl groups excluding tert-OH is 1. The summed E-state index contributed by atoms with van der Waals surface area (Å²) in [4.78, 5) is 14.6. The normalized spacial score (nSPS) is 25.8. The minimum atomic E-state index is -1.00. The van der Waals surface area contributed by atoms with E-state index in [1.54, 1.807) is 6.92 Å². The van der Waals surface area contributed by atoms with Crippen molar-refractivity contribution in [3.8, 4) is 5.75 Å². The lowest BCUT2D eigenvalue weighted by atomic mass is 10.0. The predicted molar refractivity (Wildman–Crippen MR) is 92.8 cm³/mol. The Labute approximate surface area is 152 Å². The number of halogens is 2. The van der Waals surface area contributed by atoms with Gasteiger partial charge >= 0.3 is 0 Å². The van der Waals surface area contributed by atoms with E-state index in [0.717, 1.165) is 57.3 Å². The quantitative estimate of drug-likeness (QED) is 0.837. The number of carbonyl (C=O) groups excluding carboxylic acids is 1. The summed E-state index contributed by atoms with van der Waals surface area (Å²) < 4.78 is 31.6. The van der Waals surface area contributed by atoms with Gasteiger partial charge in [-0.1, -0.05) is 0 Å². The van der Waals surface area contributed by atoms with Crippen molar-refractivity contribution in [2.75, 3.05) is 13.1 Å². The molecule has 26 heavy (non-hydrogen) atoms. The molecule has 2 aliphatic rings. The van der Waals surface area contributed by atoms with E-state index in [1.165, 1.54) is 6.07 Å². The van der Waals surface area contributed by atoms with Crippen LogP contribution in [0.15, 0.2) is 18.2 Å². The van der Waals surface area contributed by atoms with Gasteiger partial charge in [0.05, 0.1) is 6.10 Å². The molecule has 0 radical (unpaired) electrons. The van der Waals surface area contributed by atoms with Crippen LogP contribution in [0.4, 0.5) is 8.78 Å². The van der Waals surface area contributed by atoms with E-state index >= 15 is 0 Å². The first-order valence-corrected chi connectivity index (χ1v) is 9.28. The first kappa shape index (κ1) is 19.0. The molecular weight excluding hydrogens is 342 g/mol. The van der Waals surface area contributed by atoms with Crippen molar-refractivity contribution in [3.63, 3.8) is 0 Å². The average molecular weight is 368 g/mol. The Morgan fingerprint density at radius 2 is 1.96 bits per heavy atom. The van der Waals surface area contributed by atoms with Gasteiger partial charge in [-0.2, -0.15) is 0 Å². The van der Waals surface area contributed by atoms with Gasteiger partial charge in [0.15, 0.2) is 17.7 Å². The number of piperidine rings is 1. The zero-order valence-corrected chi connectivity index (χ0v) is 15.0. The third-order valence-corrected chi connectivity index (χ3v) is 5.36. The molecule has 1 saturated heterocycles. The molecule has 0 bridgehead atoms. The number of hydrogen-bond acceptors (Lipinski definition) is 4. The number of aliphatic hydroxyl groups is 1. The highest BCUT2D eigenvalue weighted by atomic mass is 19.2. The van der Waals surface area contributed by atoms with Gasteiger partial charge in [0.25, 0.3) is 5.91 Å². The van der Waals surface area contributed by atoms with E-state index in [-0.39, 0.29) is 29.8 Å². The van der Waals surface area contributed by atoms with Gasteiger partial charge in [-0.3, -0.25) is 9.69 Å². The van der Waals surface area contributed by atoms with Crippen LogP contribution >= 0.6 is 0 Å². The molecule has 144 valence electrons. The molecule has 0 spiro atoms. The number of benzene rings is 1. The van der Waals surface area contributed by atoms with Crippen LogP contribution in [0.3, 0.4) is 0 Å². The fraction of sp³-hybridized carbons (Fsp3) is 0.632. The highest BCUT2D eigenvalue weighted by molar-refractivity contribution is 5.81. The summed E-state index contributed by atoms with van der Waals surface area (Å²) in [5.41, 5.74) is 0. The minimum absolute atomic E-state index is 0.0632. The molecule has 2 fully saturated rings. The largest absolute Gasteiger partial charge is 0.481 e. The molecule has 0 unspecified atom stereocenters. The third-order valence-electron chi connectivity index (χ3n) is 5.36. The Balaban J connectivity index is 1.45. The summed E-state index contributed by atoms with van der Waals surface area (Å²) in [7, 11) is 0. The first-order chi connectivity index (χ1) is 12.4. The molecular formula is C19H26F2N2O3. The van der Waals surface area contributed by atoms with Crippen molar-refractivity contribution in [2.24, 2.45) is 0 Å². The molecule has 7 heteroatoms. The minimum Gasteiger partial charge on any atom is -0.481 e. The van der Waals surface area contributed by atoms with E-state index < -0.39 is 17.7 Å². The summed E-state index contributed by atoms with van der Waals surface area (Å²) in [6, 6.07) is 3.52. The SMILES string of the molecule is C[C@H](Oc1ccc(F)c(F)c1)C(=O)NC1CCN([C@H]2CCC[C@@H]2O)CC1. The van der Waals surface area contributed by atoms with Crippen molar-refractivity contribution in [3.05, 3.63) is 29.8 Å². The van der Waals surface area contributed by atoms with Crippen LogP contribution in [0, 0.1) is 11.6 Å². The smallest absolute Gasteiger partial charge is 0.260 e. The maximum atomic E-state index is 13.2. The lowest BCUT2D eigenvalue weighted by molar-refractivity contribution is -0.128. The number of likely N-dealkylation sites (tertiary alicyclic amines) is 1. The summed E-state index contributed by atoms with van der Waals surface area (Å²) in [6.07, 6.45) is 3.61. The molecule has 3 rings (SSSR count). The van der Waals surface area contributed by atoms with Crippen LogP contribution in [-0.4, -0.2) is 53.3 Å². The number of rotatable bonds is 5. The van der Waals surface area contributed by atoms with Crippen molar-refractivity contribution in [1.29, 1.82) is 0 Å². The number of nitrogens with zero attached hydrogens (tertiary/aromatic N) is 1. The Kier molecular flexibility index (Phi) is 6.09. The zero-order valence-electron chi connectivity index (χ0n) is 15.0. The summed E-state index contributed by atoms with van der Waals surface area (Å²) in [5, 5.41) is 13.0. The summed E-state index contributed by atoms with van der Waals surface area (Å²) in [5.74, 6) is -2.10. The number of ether oxygens (including phenoxy) is 1. The zero-order chi connectivity index (χ0) is 18.7. The van der Waals surface area contributed by atoms with Gasteiger partial charge in [0, 0.05) is 31.2 Å². The summed E-state index contributed by atoms with van der Waals surface area (Å²) >= 11 is 0. The maximum Gasteiger partial charge on any atom is 0.260 e. The fourth-order valence-electron chi connectivity index (χ4n) is 3.85. The van der Waals surface area contributed by atoms with Crippen molar-refractivity contribution < 1.29 is 23.4 Å². The van der Waals surface area contributed by atoms with Crippen molar-refractivity contribution in [1.82, 2.24) is 10.2 Å². The van der Waals surface area contributed by atoms with Gasteiger partial charge in [-0.25, -0.2) is 8.78 Å². The van der Waals surface area contributed by atoms with Crippen LogP contribution in [0.25, 0.3) is 0 Å². The topological polar surface area (TPSA) is 61.8 Å². The van der Waals surface area contributed by atoms with Crippen molar-refractivity contribution >= 4 is 5.91 Å². The fourth-order valence-corrected chi connectivity index (χ4v) is 3.85. The second kappa shape index (κ2) is 8.31. The van der Waals surface area contributed by atoms with Crippen LogP contribution in [-0.2, 0) is 4.79 Å². The molecule has 0 aromatic heterocycles. The Bertz CT molecular complexity index is 635. The van der Waals surface area contributed by atoms with E-state index in [0.29, 0.717) is 0 Å². The lowest BCUT2D eigenvalue weighted by Crippen LogP contribution is -2.51. The van der Waals surface area contributed by atoms with Gasteiger partial charge in [0.2, 0.25) is 0 Å². The van der Waals surface area contributed by atoms with Crippen LogP contribution < -0.4 is 10.1 Å². The van der Waals surface area contributed by atoms with E-state index in [4.69, 9.17) is 4.74 Å². The van der Waals surface area contributed by atoms with Gasteiger partial charge in [-0.05, 0) is 51.2 Å². The third kappa shape index (κ3) is 4.51. The Hall–Kier alpha value is -1.73. The van der Waals surface area contributed by atoms with Gasteiger partial charge < -0.3 is 15.2 Å². The average Bonchev–Trinajstić information content (AvgIpc) is 3.05. The van der Waals surface area contributed by atoms with E-state index in [1.807, 2.05) is 0 Å². The molecule has 3 atom stereocenters. The molecule has 5 nitrogen and oxygen atoms in total. The predicted octanol–water partition coefficient (Wildman–Crippen LogP) is 2.23.